The van der Waals surface area contributed by atoms with E-state index in [1.165, 1.54) is 6.42 Å². The van der Waals surface area contributed by atoms with Gasteiger partial charge in [0.2, 0.25) is 10.0 Å². The summed E-state index contributed by atoms with van der Waals surface area (Å²) in [7, 11) is -3.36. The summed E-state index contributed by atoms with van der Waals surface area (Å²) in [6, 6.07) is 6.77. The average molecular weight is 353 g/mol. The standard InChI is InChI=1S/C18H28N2O3S/c1-18(2,3)15-10-5-6-11-16(15)19-17(21)13-8-7-9-14(12-13)20-24(4,22)23/h7-9,12,15-16,20H,5-6,10-11H2,1-4H3,(H,19,21). The van der Waals surface area contributed by atoms with Gasteiger partial charge in [0.25, 0.3) is 5.91 Å². The van der Waals surface area contributed by atoms with Crippen molar-refractivity contribution in [2.24, 2.45) is 11.3 Å². The lowest BCUT2D eigenvalue weighted by molar-refractivity contribution is 0.0830. The quantitative estimate of drug-likeness (QED) is 0.872. The molecule has 0 radical (unpaired) electrons. The lowest BCUT2D eigenvalue weighted by atomic mass is 9.69. The Balaban J connectivity index is 2.12. The van der Waals surface area contributed by atoms with Crippen LogP contribution in [0, 0.1) is 11.3 Å². The van der Waals surface area contributed by atoms with E-state index in [9.17, 15) is 13.2 Å². The summed E-state index contributed by atoms with van der Waals surface area (Å²) < 4.78 is 25.1. The number of rotatable bonds is 4. The molecular weight excluding hydrogens is 324 g/mol. The van der Waals surface area contributed by atoms with Crippen molar-refractivity contribution in [2.45, 2.75) is 52.5 Å². The molecule has 1 aromatic carbocycles. The molecule has 0 aromatic heterocycles. The second kappa shape index (κ2) is 7.13. The summed E-state index contributed by atoms with van der Waals surface area (Å²) in [6.07, 6.45) is 5.56. The van der Waals surface area contributed by atoms with Crippen molar-refractivity contribution in [3.63, 3.8) is 0 Å². The minimum Gasteiger partial charge on any atom is -0.349 e. The van der Waals surface area contributed by atoms with Gasteiger partial charge in [-0.1, -0.05) is 39.7 Å². The van der Waals surface area contributed by atoms with Crippen LogP contribution in [-0.2, 0) is 10.0 Å². The monoisotopic (exact) mass is 352 g/mol. The Morgan fingerprint density at radius 3 is 2.46 bits per heavy atom. The van der Waals surface area contributed by atoms with E-state index < -0.39 is 10.0 Å². The van der Waals surface area contributed by atoms with Crippen molar-refractivity contribution >= 4 is 21.6 Å². The van der Waals surface area contributed by atoms with Gasteiger partial charge in [0.05, 0.1) is 6.26 Å². The molecule has 1 aliphatic rings. The second-order valence-electron chi connectivity index (χ2n) is 7.79. The highest BCUT2D eigenvalue weighted by atomic mass is 32.2. The number of carbonyl (C=O) groups is 1. The van der Waals surface area contributed by atoms with Crippen molar-refractivity contribution in [2.75, 3.05) is 11.0 Å². The van der Waals surface area contributed by atoms with E-state index in [0.717, 1.165) is 25.5 Å². The van der Waals surface area contributed by atoms with E-state index in [0.29, 0.717) is 17.2 Å². The molecule has 2 rings (SSSR count). The molecule has 1 fully saturated rings. The van der Waals surface area contributed by atoms with Crippen LogP contribution in [0.5, 0.6) is 0 Å². The predicted molar refractivity (Wildman–Crippen MR) is 97.6 cm³/mol. The van der Waals surface area contributed by atoms with Crippen LogP contribution in [0.1, 0.15) is 56.8 Å². The lowest BCUT2D eigenvalue weighted by Gasteiger charge is -2.40. The van der Waals surface area contributed by atoms with Gasteiger partial charge in [0.1, 0.15) is 0 Å². The van der Waals surface area contributed by atoms with E-state index in [2.05, 4.69) is 30.8 Å². The zero-order valence-electron chi connectivity index (χ0n) is 14.9. The van der Waals surface area contributed by atoms with Crippen LogP contribution in [0.3, 0.4) is 0 Å². The second-order valence-corrected chi connectivity index (χ2v) is 9.54. The normalized spacial score (nSPS) is 22.0. The molecule has 5 nitrogen and oxygen atoms in total. The van der Waals surface area contributed by atoms with Crippen LogP contribution in [0.2, 0.25) is 0 Å². The molecule has 0 spiro atoms. The third-order valence-corrected chi connectivity index (χ3v) is 5.23. The molecule has 1 amide bonds. The Bertz CT molecular complexity index is 692. The summed E-state index contributed by atoms with van der Waals surface area (Å²) in [5.41, 5.74) is 1.03. The summed E-state index contributed by atoms with van der Waals surface area (Å²) >= 11 is 0. The average Bonchev–Trinajstić information content (AvgIpc) is 2.45. The first kappa shape index (κ1) is 18.8. The molecule has 0 bridgehead atoms. The Labute approximate surface area is 145 Å². The number of benzene rings is 1. The maximum atomic E-state index is 12.6. The largest absolute Gasteiger partial charge is 0.349 e. The van der Waals surface area contributed by atoms with Gasteiger partial charge >= 0.3 is 0 Å². The molecule has 2 unspecified atom stereocenters. The number of anilines is 1. The third-order valence-electron chi connectivity index (χ3n) is 4.62. The smallest absolute Gasteiger partial charge is 0.251 e. The van der Waals surface area contributed by atoms with Crippen molar-refractivity contribution in [3.05, 3.63) is 29.8 Å². The Morgan fingerprint density at radius 2 is 1.83 bits per heavy atom. The van der Waals surface area contributed by atoms with E-state index in [4.69, 9.17) is 0 Å². The zero-order chi connectivity index (χ0) is 18.0. The molecule has 134 valence electrons. The first-order valence-electron chi connectivity index (χ1n) is 8.45. The lowest BCUT2D eigenvalue weighted by Crippen LogP contribution is -2.46. The number of hydrogen-bond donors (Lipinski definition) is 2. The van der Waals surface area contributed by atoms with Gasteiger partial charge in [-0.25, -0.2) is 8.42 Å². The molecule has 2 atom stereocenters. The maximum Gasteiger partial charge on any atom is 0.251 e. The SMILES string of the molecule is CC(C)(C)C1CCCCC1NC(=O)c1cccc(NS(C)(=O)=O)c1. The molecule has 2 N–H and O–H groups in total. The van der Waals surface area contributed by atoms with E-state index in [-0.39, 0.29) is 17.4 Å². The molecule has 0 heterocycles. The van der Waals surface area contributed by atoms with Gasteiger partial charge in [-0.3, -0.25) is 9.52 Å². The van der Waals surface area contributed by atoms with E-state index >= 15 is 0 Å². The highest BCUT2D eigenvalue weighted by molar-refractivity contribution is 7.92. The predicted octanol–water partition coefficient (Wildman–Crippen LogP) is 3.39. The van der Waals surface area contributed by atoms with Crippen molar-refractivity contribution in [1.82, 2.24) is 5.32 Å². The first-order valence-corrected chi connectivity index (χ1v) is 10.3. The molecule has 0 aliphatic heterocycles. The first-order chi connectivity index (χ1) is 11.1. The van der Waals surface area contributed by atoms with Gasteiger partial charge in [0, 0.05) is 17.3 Å². The molecule has 1 saturated carbocycles. The van der Waals surface area contributed by atoms with Crippen LogP contribution >= 0.6 is 0 Å². The van der Waals surface area contributed by atoms with Gasteiger partial charge in [0.15, 0.2) is 0 Å². The summed E-state index contributed by atoms with van der Waals surface area (Å²) in [5, 5.41) is 3.17. The molecule has 0 saturated heterocycles. The highest BCUT2D eigenvalue weighted by Gasteiger charge is 2.35. The van der Waals surface area contributed by atoms with E-state index in [1.807, 2.05) is 0 Å². The topological polar surface area (TPSA) is 75.3 Å². The molecule has 1 aliphatic carbocycles. The van der Waals surface area contributed by atoms with Crippen molar-refractivity contribution < 1.29 is 13.2 Å². The Morgan fingerprint density at radius 1 is 1.17 bits per heavy atom. The number of hydrogen-bond acceptors (Lipinski definition) is 3. The van der Waals surface area contributed by atoms with Gasteiger partial charge in [-0.05, 0) is 42.4 Å². The summed E-state index contributed by atoms with van der Waals surface area (Å²) in [4.78, 5) is 12.6. The molecule has 24 heavy (non-hydrogen) atoms. The minimum absolute atomic E-state index is 0.145. The minimum atomic E-state index is -3.36. The molecule has 6 heteroatoms. The highest BCUT2D eigenvalue weighted by Crippen LogP contribution is 2.38. The maximum absolute atomic E-state index is 12.6. The number of carbonyl (C=O) groups excluding carboxylic acids is 1. The van der Waals surface area contributed by atoms with Crippen LogP contribution in [0.4, 0.5) is 5.69 Å². The van der Waals surface area contributed by atoms with Crippen LogP contribution in [-0.4, -0.2) is 26.6 Å². The van der Waals surface area contributed by atoms with Gasteiger partial charge in [-0.2, -0.15) is 0 Å². The van der Waals surface area contributed by atoms with Crippen molar-refractivity contribution in [1.29, 1.82) is 0 Å². The summed E-state index contributed by atoms with van der Waals surface area (Å²) in [6.45, 7) is 6.66. The van der Waals surface area contributed by atoms with Crippen LogP contribution < -0.4 is 10.0 Å². The fourth-order valence-corrected chi connectivity index (χ4v) is 4.09. The summed E-state index contributed by atoms with van der Waals surface area (Å²) in [5.74, 6) is 0.306. The fraction of sp³-hybridized carbons (Fsp3) is 0.611. The third kappa shape index (κ3) is 5.23. The molecular formula is C18H28N2O3S. The number of sulfonamides is 1. The Hall–Kier alpha value is -1.56. The number of nitrogens with one attached hydrogen (secondary N) is 2. The van der Waals surface area contributed by atoms with Crippen LogP contribution in [0.15, 0.2) is 24.3 Å². The number of amides is 1. The van der Waals surface area contributed by atoms with Crippen molar-refractivity contribution in [3.8, 4) is 0 Å². The molecule has 1 aromatic rings. The van der Waals surface area contributed by atoms with Crippen LogP contribution in [0.25, 0.3) is 0 Å². The van der Waals surface area contributed by atoms with E-state index in [1.54, 1.807) is 24.3 Å². The van der Waals surface area contributed by atoms with Gasteiger partial charge in [-0.15, -0.1) is 0 Å². The van der Waals surface area contributed by atoms with Gasteiger partial charge < -0.3 is 5.32 Å². The zero-order valence-corrected chi connectivity index (χ0v) is 15.7. The Kier molecular flexibility index (Phi) is 5.58. The fourth-order valence-electron chi connectivity index (χ4n) is 3.53.